The summed E-state index contributed by atoms with van der Waals surface area (Å²) in [4.78, 5) is 21.2. The highest BCUT2D eigenvalue weighted by molar-refractivity contribution is 7.84. The Bertz CT molecular complexity index is 1650. The van der Waals surface area contributed by atoms with Crippen molar-refractivity contribution in [3.05, 3.63) is 88.6 Å². The second-order valence-electron chi connectivity index (χ2n) is 14.3. The van der Waals surface area contributed by atoms with Gasteiger partial charge in [-0.2, -0.15) is 0 Å². The highest BCUT2D eigenvalue weighted by Gasteiger charge is 2.40. The number of aliphatic hydroxyl groups is 1. The smallest absolute Gasteiger partial charge is 0.270 e. The van der Waals surface area contributed by atoms with Crippen LogP contribution in [0.3, 0.4) is 0 Å². The van der Waals surface area contributed by atoms with E-state index in [1.54, 1.807) is 0 Å². The molecule has 6 rings (SSSR count). The number of aliphatic hydroxyl groups excluding tert-OH is 1. The third-order valence-electron chi connectivity index (χ3n) is 9.61. The maximum atomic E-state index is 13.8. The lowest BCUT2D eigenvalue weighted by Crippen LogP contribution is -2.37. The first-order valence-electron chi connectivity index (χ1n) is 17.2. The summed E-state index contributed by atoms with van der Waals surface area (Å²) in [6, 6.07) is 20.1. The van der Waals surface area contributed by atoms with Gasteiger partial charge in [-0.25, -0.2) is 13.5 Å². The van der Waals surface area contributed by atoms with Crippen molar-refractivity contribution in [3.63, 3.8) is 0 Å². The Morgan fingerprint density at radius 1 is 1.06 bits per heavy atom. The van der Waals surface area contributed by atoms with Crippen molar-refractivity contribution < 1.29 is 14.1 Å². The first kappa shape index (κ1) is 33.5. The fourth-order valence-corrected chi connectivity index (χ4v) is 8.66. The van der Waals surface area contributed by atoms with Gasteiger partial charge >= 0.3 is 0 Å². The van der Waals surface area contributed by atoms with Crippen LogP contribution < -0.4 is 5.32 Å². The molecule has 1 unspecified atom stereocenters. The molecular weight excluding hydrogens is 605 g/mol. The van der Waals surface area contributed by atoms with E-state index in [0.717, 1.165) is 54.7 Å². The second-order valence-corrected chi connectivity index (χ2v) is 16.5. The lowest BCUT2D eigenvalue weighted by molar-refractivity contribution is 0.0932. The van der Waals surface area contributed by atoms with Crippen molar-refractivity contribution in [2.75, 3.05) is 19.7 Å². The van der Waals surface area contributed by atoms with Crippen LogP contribution in [0.2, 0.25) is 0 Å². The largest absolute Gasteiger partial charge is 0.396 e. The summed E-state index contributed by atoms with van der Waals surface area (Å²) in [6.45, 7) is 8.86. The van der Waals surface area contributed by atoms with Gasteiger partial charge in [0.25, 0.3) is 5.91 Å². The number of nitrogens with zero attached hydrogens (tertiary/aromatic N) is 3. The minimum atomic E-state index is -1.32. The van der Waals surface area contributed by atoms with Crippen LogP contribution in [-0.2, 0) is 24.1 Å². The van der Waals surface area contributed by atoms with E-state index >= 15 is 0 Å². The number of aromatic nitrogens is 1. The zero-order valence-electron chi connectivity index (χ0n) is 28.0. The van der Waals surface area contributed by atoms with Crippen LogP contribution in [0.25, 0.3) is 11.3 Å². The molecule has 3 heterocycles. The Morgan fingerprint density at radius 2 is 1.85 bits per heavy atom. The molecule has 8 heteroatoms. The number of pyridine rings is 1. The zero-order valence-corrected chi connectivity index (χ0v) is 28.8. The third-order valence-corrected chi connectivity index (χ3v) is 11.5. The van der Waals surface area contributed by atoms with E-state index in [9.17, 15) is 14.1 Å². The maximum absolute atomic E-state index is 13.8. The summed E-state index contributed by atoms with van der Waals surface area (Å²) >= 11 is 0. The SMILES string of the molecule is CC(C)(C)S(=O)N1Cc2cc(C(=O)N[C@@H]3CCN(Cc4ccccc4)C3)nc(-c3cccc(C#CCC4CCCC4)c3)c2[C@H]1CCO. The molecule has 1 saturated heterocycles. The van der Waals surface area contributed by atoms with Crippen LogP contribution >= 0.6 is 0 Å². The number of carbonyl (C=O) groups is 1. The highest BCUT2D eigenvalue weighted by Crippen LogP contribution is 2.44. The van der Waals surface area contributed by atoms with Gasteiger partial charge in [-0.3, -0.25) is 9.69 Å². The first-order chi connectivity index (χ1) is 22.7. The molecule has 1 aromatic heterocycles. The van der Waals surface area contributed by atoms with E-state index in [1.807, 2.05) is 55.4 Å². The summed E-state index contributed by atoms with van der Waals surface area (Å²) < 4.78 is 15.3. The maximum Gasteiger partial charge on any atom is 0.270 e. The van der Waals surface area contributed by atoms with Crippen molar-refractivity contribution in [3.8, 4) is 23.1 Å². The van der Waals surface area contributed by atoms with E-state index in [4.69, 9.17) is 4.98 Å². The molecule has 7 nitrogen and oxygen atoms in total. The molecule has 0 radical (unpaired) electrons. The lowest BCUT2D eigenvalue weighted by Gasteiger charge is -2.30. The molecule has 1 amide bonds. The third kappa shape index (κ3) is 8.04. The van der Waals surface area contributed by atoms with Gasteiger partial charge in [0, 0.05) is 61.9 Å². The van der Waals surface area contributed by atoms with Gasteiger partial charge in [-0.05, 0) is 81.7 Å². The molecule has 3 aliphatic rings. The van der Waals surface area contributed by atoms with Gasteiger partial charge < -0.3 is 10.4 Å². The van der Waals surface area contributed by atoms with E-state index in [2.05, 4.69) is 52.4 Å². The summed E-state index contributed by atoms with van der Waals surface area (Å²) in [7, 11) is -1.32. The molecule has 2 fully saturated rings. The van der Waals surface area contributed by atoms with E-state index in [-0.39, 0.29) is 24.6 Å². The van der Waals surface area contributed by atoms with Gasteiger partial charge in [0.1, 0.15) is 16.7 Å². The molecule has 3 aromatic rings. The topological polar surface area (TPSA) is 85.8 Å². The fraction of sp³-hybridized carbons (Fsp3) is 0.487. The van der Waals surface area contributed by atoms with Gasteiger partial charge in [0.05, 0.1) is 16.5 Å². The van der Waals surface area contributed by atoms with Crippen LogP contribution in [0, 0.1) is 17.8 Å². The van der Waals surface area contributed by atoms with Crippen molar-refractivity contribution in [2.45, 2.75) is 95.6 Å². The number of benzene rings is 2. The molecule has 248 valence electrons. The first-order valence-corrected chi connectivity index (χ1v) is 18.3. The predicted molar refractivity (Wildman–Crippen MR) is 189 cm³/mol. The predicted octanol–water partition coefficient (Wildman–Crippen LogP) is 6.39. The van der Waals surface area contributed by atoms with E-state index in [0.29, 0.717) is 30.3 Å². The van der Waals surface area contributed by atoms with E-state index in [1.165, 1.54) is 31.2 Å². The number of nitrogens with one attached hydrogen (secondary N) is 1. The van der Waals surface area contributed by atoms with Crippen LogP contribution in [0.4, 0.5) is 0 Å². The standard InChI is InChI=1S/C39H48N4O3S/c1-39(2,3)47(46)43-26-32-24-34(38(45)40-33-19-21-42(27-33)25-30-13-5-4-6-14-30)41-37(36(32)35(43)20-22-44)31-18-10-17-29(23-31)16-9-15-28-11-7-8-12-28/h4-6,10,13-14,17-18,23-24,28,33,35,44H,7-8,11-12,15,19-22,25-27H2,1-3H3,(H,40,45)/t33-,35-,47?/m1/s1. The molecule has 2 N–H and O–H groups in total. The van der Waals surface area contributed by atoms with Gasteiger partial charge in [-0.1, -0.05) is 67.1 Å². The normalized spacial score (nSPS) is 20.9. The minimum Gasteiger partial charge on any atom is -0.396 e. The molecule has 2 aromatic carbocycles. The highest BCUT2D eigenvalue weighted by atomic mass is 32.2. The quantitative estimate of drug-likeness (QED) is 0.262. The van der Waals surface area contributed by atoms with Crippen LogP contribution in [0.5, 0.6) is 0 Å². The Kier molecular flexibility index (Phi) is 10.6. The molecule has 1 saturated carbocycles. The zero-order chi connectivity index (χ0) is 33.0. The van der Waals surface area contributed by atoms with Gasteiger partial charge in [0.15, 0.2) is 0 Å². The Balaban J connectivity index is 1.30. The number of amides is 1. The van der Waals surface area contributed by atoms with Crippen LogP contribution in [0.15, 0.2) is 60.7 Å². The molecular formula is C39H48N4O3S. The average molecular weight is 653 g/mol. The number of likely N-dealkylation sites (tertiary alicyclic amines) is 1. The van der Waals surface area contributed by atoms with Gasteiger partial charge in [0.2, 0.25) is 0 Å². The molecule has 3 atom stereocenters. The molecule has 47 heavy (non-hydrogen) atoms. The lowest BCUT2D eigenvalue weighted by atomic mass is 9.95. The molecule has 2 aliphatic heterocycles. The number of hydrogen-bond acceptors (Lipinski definition) is 5. The summed E-state index contributed by atoms with van der Waals surface area (Å²) in [5.74, 6) is 7.30. The van der Waals surface area contributed by atoms with Crippen molar-refractivity contribution >= 4 is 16.9 Å². The molecule has 0 bridgehead atoms. The van der Waals surface area contributed by atoms with Crippen LogP contribution in [0.1, 0.15) is 105 Å². The average Bonchev–Trinajstić information content (AvgIpc) is 3.82. The minimum absolute atomic E-state index is 0.0372. The van der Waals surface area contributed by atoms with E-state index < -0.39 is 15.7 Å². The Hall–Kier alpha value is -3.35. The number of fused-ring (bicyclic) bond motifs is 1. The summed E-state index contributed by atoms with van der Waals surface area (Å²) in [5, 5.41) is 13.4. The van der Waals surface area contributed by atoms with Crippen molar-refractivity contribution in [1.82, 2.24) is 19.5 Å². The fourth-order valence-electron chi connectivity index (χ4n) is 7.26. The number of hydrogen-bond donors (Lipinski definition) is 2. The Morgan fingerprint density at radius 3 is 2.60 bits per heavy atom. The van der Waals surface area contributed by atoms with Crippen molar-refractivity contribution in [1.29, 1.82) is 0 Å². The van der Waals surface area contributed by atoms with Crippen LogP contribution in [-0.4, -0.2) is 59.9 Å². The molecule has 0 spiro atoms. The summed E-state index contributed by atoms with van der Waals surface area (Å²) in [6.07, 6.45) is 7.38. The number of carbonyl (C=O) groups excluding carboxylic acids is 1. The number of rotatable bonds is 9. The Labute approximate surface area is 282 Å². The second kappa shape index (κ2) is 14.8. The monoisotopic (exact) mass is 652 g/mol. The molecule has 1 aliphatic carbocycles. The summed E-state index contributed by atoms with van der Waals surface area (Å²) in [5.41, 5.74) is 6.02. The van der Waals surface area contributed by atoms with Gasteiger partial charge in [-0.15, -0.1) is 0 Å². The van der Waals surface area contributed by atoms with Crippen molar-refractivity contribution in [2.24, 2.45) is 5.92 Å².